The molecule has 0 spiro atoms. The molecule has 1 amide bonds. The van der Waals surface area contributed by atoms with Gasteiger partial charge in [0.15, 0.2) is 0 Å². The van der Waals surface area contributed by atoms with Crippen LogP contribution in [0.15, 0.2) is 30.3 Å². The highest BCUT2D eigenvalue weighted by molar-refractivity contribution is 5.82. The molecule has 2 rings (SSSR count). The second kappa shape index (κ2) is 5.60. The summed E-state index contributed by atoms with van der Waals surface area (Å²) >= 11 is 0. The minimum absolute atomic E-state index is 0.0475. The molecule has 0 unspecified atom stereocenters. The lowest BCUT2D eigenvalue weighted by Gasteiger charge is -2.25. The fourth-order valence-electron chi connectivity index (χ4n) is 1.91. The number of alkyl halides is 3. The zero-order chi connectivity index (χ0) is 17.4. The van der Waals surface area contributed by atoms with Crippen LogP contribution < -0.4 is 5.32 Å². The molecule has 5 nitrogen and oxygen atoms in total. The van der Waals surface area contributed by atoms with Gasteiger partial charge in [0.25, 0.3) is 0 Å². The van der Waals surface area contributed by atoms with Crippen LogP contribution in [0.2, 0.25) is 0 Å². The molecule has 1 aromatic heterocycles. The molecule has 0 aliphatic carbocycles. The van der Waals surface area contributed by atoms with Crippen molar-refractivity contribution in [3.63, 3.8) is 0 Å². The number of benzene rings is 1. The molecule has 2 N–H and O–H groups in total. The van der Waals surface area contributed by atoms with Gasteiger partial charge in [-0.3, -0.25) is 5.32 Å². The molecule has 0 radical (unpaired) electrons. The van der Waals surface area contributed by atoms with Gasteiger partial charge in [-0.25, -0.2) is 9.48 Å². The van der Waals surface area contributed by atoms with Gasteiger partial charge in [-0.1, -0.05) is 17.7 Å². The number of amides is 1. The van der Waals surface area contributed by atoms with Crippen LogP contribution in [-0.4, -0.2) is 27.2 Å². The smallest absolute Gasteiger partial charge is 0.410 e. The maximum absolute atomic E-state index is 13.2. The first-order valence-electron chi connectivity index (χ1n) is 6.76. The van der Waals surface area contributed by atoms with Crippen molar-refractivity contribution in [2.45, 2.75) is 32.4 Å². The van der Waals surface area contributed by atoms with Gasteiger partial charge in [-0.2, -0.15) is 18.3 Å². The zero-order valence-electron chi connectivity index (χ0n) is 12.8. The molecule has 0 bridgehead atoms. The van der Waals surface area contributed by atoms with E-state index in [1.807, 2.05) is 6.92 Å². The van der Waals surface area contributed by atoms with Crippen molar-refractivity contribution in [3.05, 3.63) is 41.6 Å². The van der Waals surface area contributed by atoms with Crippen LogP contribution in [0, 0.1) is 6.92 Å². The molecular weight excluding hydrogens is 311 g/mol. The van der Waals surface area contributed by atoms with Gasteiger partial charge in [-0.15, -0.1) is 0 Å². The van der Waals surface area contributed by atoms with E-state index >= 15 is 0 Å². The largest absolute Gasteiger partial charge is 0.465 e. The molecular formula is C15H16F3N3O2. The van der Waals surface area contributed by atoms with Gasteiger partial charge in [-0.05, 0) is 32.9 Å². The highest BCUT2D eigenvalue weighted by Gasteiger charge is 2.50. The first-order chi connectivity index (χ1) is 10.5. The Bertz CT molecular complexity index is 719. The van der Waals surface area contributed by atoms with Crippen LogP contribution in [0.1, 0.15) is 25.1 Å². The number of carboxylic acid groups (broad SMARTS) is 1. The Morgan fingerprint density at radius 2 is 1.78 bits per heavy atom. The molecule has 0 saturated carbocycles. The van der Waals surface area contributed by atoms with Crippen LogP contribution in [0.25, 0.3) is 5.69 Å². The average molecular weight is 327 g/mol. The van der Waals surface area contributed by atoms with Crippen molar-refractivity contribution in [3.8, 4) is 5.69 Å². The Morgan fingerprint density at radius 1 is 1.22 bits per heavy atom. The second-order valence-electron chi connectivity index (χ2n) is 5.72. The second-order valence-corrected chi connectivity index (χ2v) is 5.72. The van der Waals surface area contributed by atoms with Gasteiger partial charge in [0, 0.05) is 6.07 Å². The number of rotatable bonds is 3. The number of anilines is 1. The molecule has 23 heavy (non-hydrogen) atoms. The van der Waals surface area contributed by atoms with Crippen molar-refractivity contribution in [2.75, 3.05) is 5.32 Å². The van der Waals surface area contributed by atoms with Gasteiger partial charge < -0.3 is 5.11 Å². The van der Waals surface area contributed by atoms with Crippen molar-refractivity contribution in [2.24, 2.45) is 0 Å². The third kappa shape index (κ3) is 3.30. The number of nitrogens with zero attached hydrogens (tertiary/aromatic N) is 2. The zero-order valence-corrected chi connectivity index (χ0v) is 12.8. The lowest BCUT2D eigenvalue weighted by Crippen LogP contribution is -2.36. The number of halogens is 3. The third-order valence-corrected chi connectivity index (χ3v) is 3.57. The summed E-state index contributed by atoms with van der Waals surface area (Å²) in [7, 11) is 0. The molecule has 124 valence electrons. The minimum atomic E-state index is -4.51. The van der Waals surface area contributed by atoms with Crippen LogP contribution in [0.4, 0.5) is 23.8 Å². The Hall–Kier alpha value is -2.51. The van der Waals surface area contributed by atoms with Crippen LogP contribution in [0.5, 0.6) is 0 Å². The van der Waals surface area contributed by atoms with E-state index in [0.29, 0.717) is 5.69 Å². The predicted molar refractivity (Wildman–Crippen MR) is 79.0 cm³/mol. The van der Waals surface area contributed by atoms with Crippen LogP contribution >= 0.6 is 0 Å². The molecule has 0 atom stereocenters. The van der Waals surface area contributed by atoms with Crippen molar-refractivity contribution in [1.29, 1.82) is 0 Å². The lowest BCUT2D eigenvalue weighted by atomic mass is 9.89. The number of aryl methyl sites for hydroxylation is 1. The van der Waals surface area contributed by atoms with Gasteiger partial charge in [0.1, 0.15) is 11.2 Å². The Balaban J connectivity index is 2.57. The highest BCUT2D eigenvalue weighted by atomic mass is 19.4. The summed E-state index contributed by atoms with van der Waals surface area (Å²) < 4.78 is 40.7. The molecule has 1 aromatic carbocycles. The summed E-state index contributed by atoms with van der Waals surface area (Å²) in [4.78, 5) is 10.9. The molecule has 0 aliphatic heterocycles. The summed E-state index contributed by atoms with van der Waals surface area (Å²) in [6.07, 6.45) is -5.89. The van der Waals surface area contributed by atoms with E-state index in [4.69, 9.17) is 5.11 Å². The average Bonchev–Trinajstić information content (AvgIpc) is 2.82. The van der Waals surface area contributed by atoms with E-state index in [0.717, 1.165) is 30.2 Å². The Kier molecular flexibility index (Phi) is 4.10. The number of carbonyl (C=O) groups is 1. The van der Waals surface area contributed by atoms with Gasteiger partial charge in [0.2, 0.25) is 0 Å². The maximum Gasteiger partial charge on any atom is 0.410 e. The quantitative estimate of drug-likeness (QED) is 0.891. The number of aromatic nitrogens is 2. The van der Waals surface area contributed by atoms with E-state index in [-0.39, 0.29) is 11.5 Å². The van der Waals surface area contributed by atoms with E-state index in [2.05, 4.69) is 10.4 Å². The monoisotopic (exact) mass is 327 g/mol. The minimum Gasteiger partial charge on any atom is -0.465 e. The van der Waals surface area contributed by atoms with Crippen molar-refractivity contribution in [1.82, 2.24) is 9.78 Å². The molecule has 0 fully saturated rings. The first kappa shape index (κ1) is 16.9. The SMILES string of the molecule is Cc1ccc(-n2nc(C(C)(C)C(F)(F)F)cc2NC(=O)O)cc1. The molecule has 0 aliphatic rings. The topological polar surface area (TPSA) is 67.2 Å². The summed E-state index contributed by atoms with van der Waals surface area (Å²) in [6.45, 7) is 3.86. The van der Waals surface area contributed by atoms with Crippen molar-refractivity contribution < 1.29 is 23.1 Å². The van der Waals surface area contributed by atoms with E-state index in [1.54, 1.807) is 24.3 Å². The summed E-state index contributed by atoms with van der Waals surface area (Å²) in [5.41, 5.74) is -1.06. The summed E-state index contributed by atoms with van der Waals surface area (Å²) in [6, 6.07) is 7.92. The predicted octanol–water partition coefficient (Wildman–Crippen LogP) is 4.11. The maximum atomic E-state index is 13.2. The van der Waals surface area contributed by atoms with Crippen LogP contribution in [0.3, 0.4) is 0 Å². The molecule has 0 saturated heterocycles. The fourth-order valence-corrected chi connectivity index (χ4v) is 1.91. The standard InChI is InChI=1S/C15H16F3N3O2/c1-9-4-6-10(7-5-9)21-12(19-13(22)23)8-11(20-21)14(2,3)15(16,17)18/h4-8,19H,1-3H3,(H,22,23). The summed E-state index contributed by atoms with van der Waals surface area (Å²) in [5, 5.41) is 14.9. The van der Waals surface area contributed by atoms with Crippen molar-refractivity contribution >= 4 is 11.9 Å². The summed E-state index contributed by atoms with van der Waals surface area (Å²) in [5.74, 6) is -0.0475. The number of hydrogen-bond donors (Lipinski definition) is 2. The first-order valence-corrected chi connectivity index (χ1v) is 6.76. The Labute approximate surface area is 130 Å². The molecule has 2 aromatic rings. The third-order valence-electron chi connectivity index (χ3n) is 3.57. The van der Waals surface area contributed by atoms with Crippen LogP contribution in [-0.2, 0) is 5.41 Å². The fraction of sp³-hybridized carbons (Fsp3) is 0.333. The van der Waals surface area contributed by atoms with Gasteiger partial charge >= 0.3 is 12.3 Å². The number of nitrogens with one attached hydrogen (secondary N) is 1. The van der Waals surface area contributed by atoms with Gasteiger partial charge in [0.05, 0.1) is 11.4 Å². The normalized spacial score (nSPS) is 12.3. The van der Waals surface area contributed by atoms with E-state index in [9.17, 15) is 18.0 Å². The molecule has 8 heteroatoms. The van der Waals surface area contributed by atoms with E-state index < -0.39 is 17.7 Å². The Morgan fingerprint density at radius 3 is 2.26 bits per heavy atom. The highest BCUT2D eigenvalue weighted by Crippen LogP contribution is 2.40. The molecule has 1 heterocycles. The lowest BCUT2D eigenvalue weighted by molar-refractivity contribution is -0.181. The number of hydrogen-bond acceptors (Lipinski definition) is 2. The van der Waals surface area contributed by atoms with E-state index in [1.165, 1.54) is 0 Å².